The Kier molecular flexibility index (Phi) is 5.20. The van der Waals surface area contributed by atoms with E-state index in [0.717, 1.165) is 16.7 Å². The van der Waals surface area contributed by atoms with Gasteiger partial charge in [0.1, 0.15) is 5.75 Å². The van der Waals surface area contributed by atoms with E-state index < -0.39 is 0 Å². The summed E-state index contributed by atoms with van der Waals surface area (Å²) in [6.07, 6.45) is 3.49. The summed E-state index contributed by atoms with van der Waals surface area (Å²) in [6.45, 7) is 3.98. The van der Waals surface area contributed by atoms with Crippen molar-refractivity contribution in [2.45, 2.75) is 13.8 Å². The molecule has 4 nitrogen and oxygen atoms in total. The van der Waals surface area contributed by atoms with Crippen molar-refractivity contribution in [3.8, 4) is 5.75 Å². The molecular formula is C18H20N2O2. The summed E-state index contributed by atoms with van der Waals surface area (Å²) in [4.78, 5) is 11.9. The lowest BCUT2D eigenvalue weighted by Gasteiger charge is -2.10. The number of benzene rings is 2. The van der Waals surface area contributed by atoms with Crippen LogP contribution in [0, 0.1) is 13.8 Å². The van der Waals surface area contributed by atoms with E-state index in [2.05, 4.69) is 10.6 Å². The number of urea groups is 1. The number of amides is 2. The zero-order valence-electron chi connectivity index (χ0n) is 13.0. The van der Waals surface area contributed by atoms with Gasteiger partial charge < -0.3 is 15.4 Å². The number of methoxy groups -OCH3 is 1. The van der Waals surface area contributed by atoms with E-state index in [0.29, 0.717) is 11.4 Å². The van der Waals surface area contributed by atoms with E-state index in [4.69, 9.17) is 4.74 Å². The largest absolute Gasteiger partial charge is 0.495 e. The van der Waals surface area contributed by atoms with E-state index in [1.165, 1.54) is 0 Å². The molecular weight excluding hydrogens is 276 g/mol. The second-order valence-corrected chi connectivity index (χ2v) is 4.99. The summed E-state index contributed by atoms with van der Waals surface area (Å²) in [5.41, 5.74) is 3.91. The standard InChI is InChI=1S/C18H20N2O2/c1-13-8-9-17(22-3)16(12-13)20-18(21)19-11-10-15-7-5-4-6-14(15)2/h4-12H,1-3H3,(H2,19,20,21)/b11-10+. The van der Waals surface area contributed by atoms with Gasteiger partial charge in [-0.3, -0.25) is 0 Å². The number of hydrogen-bond donors (Lipinski definition) is 2. The maximum atomic E-state index is 11.9. The molecule has 0 aliphatic heterocycles. The van der Waals surface area contributed by atoms with Crippen LogP contribution in [0.3, 0.4) is 0 Å². The molecule has 0 radical (unpaired) electrons. The molecule has 2 N–H and O–H groups in total. The van der Waals surface area contributed by atoms with Crippen LogP contribution in [-0.4, -0.2) is 13.1 Å². The zero-order chi connectivity index (χ0) is 15.9. The topological polar surface area (TPSA) is 50.4 Å². The van der Waals surface area contributed by atoms with Gasteiger partial charge in [-0.25, -0.2) is 4.79 Å². The molecule has 0 unspecified atom stereocenters. The Morgan fingerprint density at radius 1 is 1.14 bits per heavy atom. The Bertz CT molecular complexity index is 693. The van der Waals surface area contributed by atoms with Crippen LogP contribution in [0.1, 0.15) is 16.7 Å². The van der Waals surface area contributed by atoms with Crippen LogP contribution in [0.5, 0.6) is 5.75 Å². The molecule has 2 rings (SSSR count). The number of hydrogen-bond acceptors (Lipinski definition) is 2. The molecule has 22 heavy (non-hydrogen) atoms. The maximum absolute atomic E-state index is 11.9. The van der Waals surface area contributed by atoms with Crippen molar-refractivity contribution in [1.82, 2.24) is 5.32 Å². The minimum absolute atomic E-state index is 0.311. The van der Waals surface area contributed by atoms with Crippen LogP contribution in [0.2, 0.25) is 0 Å². The number of carbonyl (C=O) groups excluding carboxylic acids is 1. The second kappa shape index (κ2) is 7.31. The van der Waals surface area contributed by atoms with Crippen molar-refractivity contribution in [1.29, 1.82) is 0 Å². The molecule has 0 heterocycles. The first-order valence-corrected chi connectivity index (χ1v) is 7.04. The van der Waals surface area contributed by atoms with Crippen LogP contribution in [-0.2, 0) is 0 Å². The average molecular weight is 296 g/mol. The van der Waals surface area contributed by atoms with E-state index in [9.17, 15) is 4.79 Å². The molecule has 4 heteroatoms. The number of rotatable bonds is 4. The molecule has 0 saturated heterocycles. The normalized spacial score (nSPS) is 10.5. The molecule has 0 bridgehead atoms. The molecule has 114 valence electrons. The zero-order valence-corrected chi connectivity index (χ0v) is 13.0. The van der Waals surface area contributed by atoms with Crippen molar-refractivity contribution in [2.24, 2.45) is 0 Å². The molecule has 0 aliphatic rings. The molecule has 0 saturated carbocycles. The minimum Gasteiger partial charge on any atom is -0.495 e. The van der Waals surface area contributed by atoms with Gasteiger partial charge in [-0.15, -0.1) is 0 Å². The fraction of sp³-hybridized carbons (Fsp3) is 0.167. The van der Waals surface area contributed by atoms with Gasteiger partial charge in [0.15, 0.2) is 0 Å². The lowest BCUT2D eigenvalue weighted by Crippen LogP contribution is -2.24. The number of aryl methyl sites for hydroxylation is 2. The average Bonchev–Trinajstić information content (AvgIpc) is 2.49. The van der Waals surface area contributed by atoms with Crippen LogP contribution in [0.15, 0.2) is 48.7 Å². The van der Waals surface area contributed by atoms with Crippen molar-refractivity contribution in [3.63, 3.8) is 0 Å². The van der Waals surface area contributed by atoms with Crippen LogP contribution < -0.4 is 15.4 Å². The van der Waals surface area contributed by atoms with E-state index >= 15 is 0 Å². The quantitative estimate of drug-likeness (QED) is 0.892. The van der Waals surface area contributed by atoms with Gasteiger partial charge in [-0.1, -0.05) is 30.3 Å². The first-order chi connectivity index (χ1) is 10.6. The number of anilines is 1. The summed E-state index contributed by atoms with van der Waals surface area (Å²) in [7, 11) is 1.58. The van der Waals surface area contributed by atoms with E-state index in [1.54, 1.807) is 13.3 Å². The predicted octanol–water partition coefficient (Wildman–Crippen LogP) is 4.10. The highest BCUT2D eigenvalue weighted by atomic mass is 16.5. The van der Waals surface area contributed by atoms with Gasteiger partial charge >= 0.3 is 6.03 Å². The Labute approximate surface area is 130 Å². The fourth-order valence-corrected chi connectivity index (χ4v) is 2.06. The van der Waals surface area contributed by atoms with Crippen LogP contribution >= 0.6 is 0 Å². The third kappa shape index (κ3) is 4.12. The van der Waals surface area contributed by atoms with Gasteiger partial charge in [0, 0.05) is 6.20 Å². The smallest absolute Gasteiger partial charge is 0.323 e. The summed E-state index contributed by atoms with van der Waals surface area (Å²) in [5, 5.41) is 5.47. The van der Waals surface area contributed by atoms with Gasteiger partial charge in [0.25, 0.3) is 0 Å². The monoisotopic (exact) mass is 296 g/mol. The molecule has 2 aromatic carbocycles. The van der Waals surface area contributed by atoms with Crippen molar-refractivity contribution in [3.05, 3.63) is 65.4 Å². The molecule has 0 aromatic heterocycles. The lowest BCUT2D eigenvalue weighted by atomic mass is 10.1. The van der Waals surface area contributed by atoms with E-state index in [-0.39, 0.29) is 6.03 Å². The van der Waals surface area contributed by atoms with Crippen LogP contribution in [0.4, 0.5) is 10.5 Å². The highest BCUT2D eigenvalue weighted by Gasteiger charge is 2.06. The van der Waals surface area contributed by atoms with Crippen LogP contribution in [0.25, 0.3) is 6.08 Å². The fourth-order valence-electron chi connectivity index (χ4n) is 2.06. The van der Waals surface area contributed by atoms with Crippen molar-refractivity contribution in [2.75, 3.05) is 12.4 Å². The van der Waals surface area contributed by atoms with Crippen molar-refractivity contribution >= 4 is 17.8 Å². The van der Waals surface area contributed by atoms with Gasteiger partial charge in [-0.2, -0.15) is 0 Å². The van der Waals surface area contributed by atoms with Gasteiger partial charge in [0.05, 0.1) is 12.8 Å². The summed E-state index contributed by atoms with van der Waals surface area (Å²) >= 11 is 0. The van der Waals surface area contributed by atoms with Crippen molar-refractivity contribution < 1.29 is 9.53 Å². The lowest BCUT2D eigenvalue weighted by molar-refractivity contribution is 0.255. The first-order valence-electron chi connectivity index (χ1n) is 7.04. The summed E-state index contributed by atoms with van der Waals surface area (Å²) in [5.74, 6) is 0.628. The molecule has 0 aliphatic carbocycles. The van der Waals surface area contributed by atoms with Gasteiger partial charge in [-0.05, 0) is 48.7 Å². The molecule has 2 amide bonds. The van der Waals surface area contributed by atoms with Gasteiger partial charge in [0.2, 0.25) is 0 Å². The number of carbonyl (C=O) groups is 1. The summed E-state index contributed by atoms with van der Waals surface area (Å²) < 4.78 is 5.23. The third-order valence-corrected chi connectivity index (χ3v) is 3.27. The molecule has 0 fully saturated rings. The first kappa shape index (κ1) is 15.6. The van der Waals surface area contributed by atoms with E-state index in [1.807, 2.05) is 62.4 Å². The second-order valence-electron chi connectivity index (χ2n) is 4.99. The summed E-state index contributed by atoms with van der Waals surface area (Å²) in [6, 6.07) is 13.3. The molecule has 0 atom stereocenters. The molecule has 0 spiro atoms. The minimum atomic E-state index is -0.311. The molecule has 2 aromatic rings. The highest BCUT2D eigenvalue weighted by molar-refractivity contribution is 5.92. The number of ether oxygens (including phenoxy) is 1. The number of nitrogens with one attached hydrogen (secondary N) is 2. The highest BCUT2D eigenvalue weighted by Crippen LogP contribution is 2.24. The SMILES string of the molecule is COc1ccc(C)cc1NC(=O)N/C=C/c1ccccc1C. The Balaban J connectivity index is 1.99. The predicted molar refractivity (Wildman–Crippen MR) is 90.1 cm³/mol. The Morgan fingerprint density at radius 2 is 1.91 bits per heavy atom. The third-order valence-electron chi connectivity index (χ3n) is 3.27. The Hall–Kier alpha value is -2.75. The Morgan fingerprint density at radius 3 is 2.64 bits per heavy atom. The maximum Gasteiger partial charge on any atom is 0.323 e.